The molecule has 0 saturated carbocycles. The van der Waals surface area contributed by atoms with Crippen molar-refractivity contribution in [3.63, 3.8) is 0 Å². The molecule has 0 N–H and O–H groups in total. The number of carbonyl (C=O) groups is 2. The molecular weight excluding hydrogens is 1340 g/mol. The number of rotatable bonds is 55. The van der Waals surface area contributed by atoms with Gasteiger partial charge in [-0.2, -0.15) is 0 Å². The molecule has 6 heterocycles. The lowest BCUT2D eigenvalue weighted by atomic mass is 10.0. The molecule has 1 unspecified atom stereocenters. The van der Waals surface area contributed by atoms with E-state index in [-0.39, 0.29) is 79.2 Å². The predicted molar refractivity (Wildman–Crippen MR) is 397 cm³/mol. The van der Waals surface area contributed by atoms with E-state index in [0.29, 0.717) is 61.6 Å². The SMILES string of the molecule is CCCCCCCCCCCCCCCCCC(=O)OCC(COCCC[Si]12O[Si]3(CC(C)C)O[Si]4(CC(C)C)O[Si](CC(C)C)(O1)O[Si]1(CC(C)C)O[Si](CC(C)C)(O2)O[Si](CC(C)C)(O3)O[Si](CC(C)C)(O4)O1)OC(=O)CCCCCCCCCCCCCCCCC. The Labute approximate surface area is 590 Å². The van der Waals surface area contributed by atoms with Crippen LogP contribution in [0.2, 0.25) is 48.4 Å². The van der Waals surface area contributed by atoms with Gasteiger partial charge in [0.05, 0.1) is 6.61 Å². The molecule has 0 radical (unpaired) electrons. The first-order chi connectivity index (χ1) is 45.2. The van der Waals surface area contributed by atoms with E-state index >= 15 is 0 Å². The number of unbranched alkanes of at least 4 members (excludes halogenated alkanes) is 28. The highest BCUT2D eigenvalue weighted by Crippen LogP contribution is 2.56. The van der Waals surface area contributed by atoms with Crippen LogP contribution >= 0.6 is 0 Å². The zero-order valence-corrected chi connectivity index (χ0v) is 71.7. The minimum atomic E-state index is -4.24. The van der Waals surface area contributed by atoms with Crippen molar-refractivity contribution in [3.05, 3.63) is 0 Å². The second kappa shape index (κ2) is 43.4. The van der Waals surface area contributed by atoms with Crippen molar-refractivity contribution >= 4 is 82.4 Å². The van der Waals surface area contributed by atoms with Gasteiger partial charge in [0.25, 0.3) is 0 Å². The van der Waals surface area contributed by atoms with E-state index in [1.165, 1.54) is 154 Å². The van der Waals surface area contributed by atoms with Gasteiger partial charge in [0.2, 0.25) is 0 Å². The molecule has 0 amide bonds. The molecule has 0 aromatic heterocycles. The Morgan fingerprint density at radius 3 is 0.737 bits per heavy atom. The van der Waals surface area contributed by atoms with Gasteiger partial charge in [-0.15, -0.1) is 0 Å². The van der Waals surface area contributed by atoms with Crippen molar-refractivity contribution in [2.24, 2.45) is 41.4 Å². The third-order valence-corrected chi connectivity index (χ3v) is 58.2. The molecule has 25 heteroatoms. The number of ether oxygens (including phenoxy) is 3. The van der Waals surface area contributed by atoms with Gasteiger partial charge in [-0.25, -0.2) is 0 Å². The van der Waals surface area contributed by atoms with Crippen LogP contribution in [0.4, 0.5) is 0 Å². The highest BCUT2D eigenvalue weighted by Gasteiger charge is 2.83. The van der Waals surface area contributed by atoms with E-state index in [2.05, 4.69) is 111 Å². The monoisotopic (exact) mass is 1480 g/mol. The summed E-state index contributed by atoms with van der Waals surface area (Å²) < 4.78 is 114. The fraction of sp³-hybridized carbons (Fsp3) is 0.971. The Morgan fingerprint density at radius 1 is 0.274 bits per heavy atom. The lowest BCUT2D eigenvalue weighted by Crippen LogP contribution is -2.88. The molecule has 558 valence electrons. The summed E-state index contributed by atoms with van der Waals surface area (Å²) in [6.07, 6.45) is 37.8. The fourth-order valence-corrected chi connectivity index (χ4v) is 65.9. The second-order valence-corrected chi connectivity index (χ2v) is 56.3. The molecule has 0 spiro atoms. The van der Waals surface area contributed by atoms with Crippen LogP contribution in [0.1, 0.15) is 323 Å². The average Bonchev–Trinajstić information content (AvgIpc) is 0.687. The van der Waals surface area contributed by atoms with Crippen LogP contribution in [-0.2, 0) is 73.2 Å². The van der Waals surface area contributed by atoms with Gasteiger partial charge in [0, 0.05) is 67.8 Å². The van der Waals surface area contributed by atoms with Gasteiger partial charge in [-0.3, -0.25) is 9.59 Å². The summed E-state index contributed by atoms with van der Waals surface area (Å²) >= 11 is 0. The Kier molecular flexibility index (Phi) is 39.2. The van der Waals surface area contributed by atoms with Crippen LogP contribution in [-0.4, -0.2) is 108 Å². The minimum Gasteiger partial charge on any atom is -0.462 e. The molecule has 0 aliphatic carbocycles. The van der Waals surface area contributed by atoms with Crippen LogP contribution in [0.5, 0.6) is 0 Å². The molecule has 8 bridgehead atoms. The van der Waals surface area contributed by atoms with E-state index in [1.807, 2.05) is 0 Å². The minimum absolute atomic E-state index is 0.0344. The standard InChI is InChI=1S/C70H144O17Si8/c1-17-19-21-23-25-27-29-31-33-35-37-39-41-43-45-48-69(71)74-53-68(75-70(72)49-46-44-42-40-38-36-34-32-30-28-26-24-22-20-18-2)52-73-50-47-51-88-76-89(54-61(3)4)79-92(57-64(9)10)81-90(77-88,55-62(5)6)83-94(59-66(13)14)84-91(78-88,56-63(7)8)82-93(80-89,58-65(11)12)86-95(85-92,87-94)60-67(15)16/h61-68H,17-60H2,1-16H3. The molecule has 95 heavy (non-hydrogen) atoms. The Balaban J connectivity index is 1.36. The van der Waals surface area contributed by atoms with Gasteiger partial charge in [0.15, 0.2) is 6.10 Å². The van der Waals surface area contributed by atoms with E-state index in [9.17, 15) is 9.59 Å². The second-order valence-electron chi connectivity index (χ2n) is 32.2. The normalized spacial score (nSPS) is 28.5. The Hall–Kier alpha value is 0.155. The summed E-state index contributed by atoms with van der Waals surface area (Å²) in [5.41, 5.74) is 0. The summed E-state index contributed by atoms with van der Waals surface area (Å²) in [6.45, 7) is 35.0. The number of esters is 2. The maximum absolute atomic E-state index is 13.7. The largest absolute Gasteiger partial charge is 0.479 e. The molecule has 0 aromatic rings. The van der Waals surface area contributed by atoms with Crippen molar-refractivity contribution in [2.75, 3.05) is 19.8 Å². The van der Waals surface area contributed by atoms with Crippen molar-refractivity contribution in [1.29, 1.82) is 0 Å². The van der Waals surface area contributed by atoms with Gasteiger partial charge in [-0.1, -0.05) is 291 Å². The third kappa shape index (κ3) is 31.6. The number of hydrogen-bond donors (Lipinski definition) is 0. The van der Waals surface area contributed by atoms with Gasteiger partial charge in [-0.05, 0) is 60.7 Å². The van der Waals surface area contributed by atoms with Crippen LogP contribution < -0.4 is 0 Å². The van der Waals surface area contributed by atoms with Crippen molar-refractivity contribution in [3.8, 4) is 0 Å². The molecule has 6 saturated heterocycles. The summed E-state index contributed by atoms with van der Waals surface area (Å²) in [6, 6.07) is 3.21. The Morgan fingerprint density at radius 2 is 0.495 bits per heavy atom. The number of carbonyl (C=O) groups excluding carboxylic acids is 2. The average molecular weight is 1480 g/mol. The molecule has 1 atom stereocenters. The molecule has 6 aliphatic heterocycles. The van der Waals surface area contributed by atoms with Gasteiger partial charge >= 0.3 is 82.4 Å². The fourth-order valence-electron chi connectivity index (χ4n) is 14.4. The molecule has 6 fully saturated rings. The Bertz CT molecular complexity index is 1960. The first kappa shape index (κ1) is 85.8. The van der Waals surface area contributed by atoms with E-state index < -0.39 is 76.5 Å². The summed E-state index contributed by atoms with van der Waals surface area (Å²) in [5.74, 6) is -0.210. The summed E-state index contributed by atoms with van der Waals surface area (Å²) in [7, 11) is -32.8. The van der Waals surface area contributed by atoms with Crippen LogP contribution in [0.25, 0.3) is 0 Å². The van der Waals surface area contributed by atoms with E-state index in [0.717, 1.165) is 38.5 Å². The zero-order valence-electron chi connectivity index (χ0n) is 63.7. The number of hydrogen-bond acceptors (Lipinski definition) is 17. The van der Waals surface area contributed by atoms with Gasteiger partial charge in [0.1, 0.15) is 6.61 Å². The van der Waals surface area contributed by atoms with Crippen molar-refractivity contribution < 1.29 is 73.2 Å². The first-order valence-electron chi connectivity index (χ1n) is 39.5. The maximum Gasteiger partial charge on any atom is 0.479 e. The topological polar surface area (TPSA) is 173 Å². The zero-order chi connectivity index (χ0) is 69.5. The van der Waals surface area contributed by atoms with Crippen LogP contribution in [0.15, 0.2) is 0 Å². The van der Waals surface area contributed by atoms with Crippen LogP contribution in [0.3, 0.4) is 0 Å². The summed E-state index contributed by atoms with van der Waals surface area (Å²) in [4.78, 5) is 27.0. The molecule has 0 aromatic carbocycles. The highest BCUT2D eigenvalue weighted by atomic mass is 28.6. The predicted octanol–water partition coefficient (Wildman–Crippen LogP) is 20.7. The van der Waals surface area contributed by atoms with Crippen molar-refractivity contribution in [1.82, 2.24) is 0 Å². The molecule has 17 nitrogen and oxygen atoms in total. The van der Waals surface area contributed by atoms with Gasteiger partial charge < -0.3 is 63.6 Å². The van der Waals surface area contributed by atoms with E-state index in [4.69, 9.17) is 63.6 Å². The molecule has 6 aliphatic rings. The maximum atomic E-state index is 13.7. The lowest BCUT2D eigenvalue weighted by molar-refractivity contribution is -0.163. The third-order valence-electron chi connectivity index (χ3n) is 18.1. The van der Waals surface area contributed by atoms with Crippen LogP contribution in [0, 0.1) is 41.4 Å². The summed E-state index contributed by atoms with van der Waals surface area (Å²) in [5, 5.41) is 0. The van der Waals surface area contributed by atoms with Crippen molar-refractivity contribution in [2.45, 2.75) is 377 Å². The first-order valence-corrected chi connectivity index (χ1v) is 55.0. The molecule has 6 rings (SSSR count). The van der Waals surface area contributed by atoms with E-state index in [1.54, 1.807) is 0 Å². The quantitative estimate of drug-likeness (QED) is 0.0319. The lowest BCUT2D eigenvalue weighted by Gasteiger charge is -2.64. The molecular formula is C70H144O17Si8. The highest BCUT2D eigenvalue weighted by molar-refractivity contribution is 7.03. The smallest absolute Gasteiger partial charge is 0.462 e.